The highest BCUT2D eigenvalue weighted by Crippen LogP contribution is 2.33. The maximum atomic E-state index is 11.0. The van der Waals surface area contributed by atoms with Crippen molar-refractivity contribution >= 4 is 5.97 Å². The van der Waals surface area contributed by atoms with Gasteiger partial charge in [0, 0.05) is 6.42 Å². The zero-order chi connectivity index (χ0) is 14.1. The summed E-state index contributed by atoms with van der Waals surface area (Å²) in [6.07, 6.45) is 0.503. The van der Waals surface area contributed by atoms with Crippen molar-refractivity contribution in [2.24, 2.45) is 0 Å². The fourth-order valence-electron chi connectivity index (χ4n) is 2.43. The number of aromatic carboxylic acids is 1. The monoisotopic (exact) mass is 270 g/mol. The number of benzene rings is 2. The summed E-state index contributed by atoms with van der Waals surface area (Å²) in [5.41, 5.74) is 3.13. The van der Waals surface area contributed by atoms with E-state index in [1.165, 1.54) is 0 Å². The molecule has 1 aliphatic rings. The van der Waals surface area contributed by atoms with E-state index >= 15 is 0 Å². The molecule has 2 aromatic carbocycles. The number of ether oxygens (including phenoxy) is 1. The number of carbonyl (C=O) groups is 1. The molecule has 0 amide bonds. The third-order valence-electron chi connectivity index (χ3n) is 3.45. The summed E-state index contributed by atoms with van der Waals surface area (Å²) < 4.78 is 5.56. The number of carboxylic acids is 1. The highest BCUT2D eigenvalue weighted by atomic mass is 16.5. The molecule has 4 heteroatoms. The fraction of sp³-hybridized carbons (Fsp3) is 0.188. The van der Waals surface area contributed by atoms with Gasteiger partial charge in [-0.15, -0.1) is 0 Å². The van der Waals surface area contributed by atoms with Crippen LogP contribution >= 0.6 is 0 Å². The van der Waals surface area contributed by atoms with Crippen LogP contribution in [0.15, 0.2) is 42.5 Å². The zero-order valence-corrected chi connectivity index (χ0v) is 10.7. The lowest BCUT2D eigenvalue weighted by Crippen LogP contribution is -2.17. The maximum Gasteiger partial charge on any atom is 0.335 e. The van der Waals surface area contributed by atoms with Gasteiger partial charge in [0.15, 0.2) is 0 Å². The van der Waals surface area contributed by atoms with Crippen LogP contribution in [0.4, 0.5) is 0 Å². The van der Waals surface area contributed by atoms with Crippen LogP contribution < -0.4 is 4.74 Å². The summed E-state index contributed by atoms with van der Waals surface area (Å²) in [6.45, 7) is -0.00148. The predicted molar refractivity (Wildman–Crippen MR) is 74.0 cm³/mol. The lowest BCUT2D eigenvalue weighted by atomic mass is 9.99. The van der Waals surface area contributed by atoms with E-state index in [-0.39, 0.29) is 18.3 Å². The van der Waals surface area contributed by atoms with Gasteiger partial charge in [-0.3, -0.25) is 0 Å². The molecule has 1 atom stereocenters. The smallest absolute Gasteiger partial charge is 0.335 e. The number of aliphatic hydroxyl groups excluding tert-OH is 1. The molecule has 102 valence electrons. The Hall–Kier alpha value is -2.33. The van der Waals surface area contributed by atoms with Gasteiger partial charge in [-0.25, -0.2) is 4.79 Å². The lowest BCUT2D eigenvalue weighted by molar-refractivity contribution is 0.0697. The first-order chi connectivity index (χ1) is 9.67. The second-order valence-corrected chi connectivity index (χ2v) is 4.84. The summed E-state index contributed by atoms with van der Waals surface area (Å²) in [7, 11) is 0. The van der Waals surface area contributed by atoms with Crippen LogP contribution in [0.3, 0.4) is 0 Å². The Morgan fingerprint density at radius 1 is 1.20 bits per heavy atom. The van der Waals surface area contributed by atoms with Crippen molar-refractivity contribution in [2.45, 2.75) is 12.5 Å². The first-order valence-corrected chi connectivity index (χ1v) is 6.41. The molecule has 0 aliphatic carbocycles. The number of rotatable bonds is 3. The van der Waals surface area contributed by atoms with Gasteiger partial charge in [-0.1, -0.05) is 18.2 Å². The number of fused-ring (bicyclic) bond motifs is 1. The van der Waals surface area contributed by atoms with Crippen LogP contribution in [-0.4, -0.2) is 28.9 Å². The molecule has 2 aromatic rings. The predicted octanol–water partition coefficient (Wildman–Crippen LogP) is 2.35. The van der Waals surface area contributed by atoms with Gasteiger partial charge >= 0.3 is 5.97 Å². The highest BCUT2D eigenvalue weighted by Gasteiger charge is 2.22. The molecule has 0 aromatic heterocycles. The standard InChI is InChI=1S/C16H14O4/c17-9-14-8-13-7-11(4-5-15(13)20-14)10-2-1-3-12(6-10)16(18)19/h1-7,14,17H,8-9H2,(H,18,19). The van der Waals surface area contributed by atoms with Crippen molar-refractivity contribution in [3.05, 3.63) is 53.6 Å². The van der Waals surface area contributed by atoms with Crippen LogP contribution in [0.25, 0.3) is 11.1 Å². The molecule has 3 rings (SSSR count). The highest BCUT2D eigenvalue weighted by molar-refractivity contribution is 5.89. The molecule has 0 radical (unpaired) electrons. The van der Waals surface area contributed by atoms with Gasteiger partial charge in [0.1, 0.15) is 11.9 Å². The van der Waals surface area contributed by atoms with Crippen LogP contribution in [0.5, 0.6) is 5.75 Å². The Labute approximate surface area is 116 Å². The van der Waals surface area contributed by atoms with Crippen molar-refractivity contribution < 1.29 is 19.7 Å². The molecular weight excluding hydrogens is 256 g/mol. The Kier molecular flexibility index (Phi) is 3.16. The van der Waals surface area contributed by atoms with Crippen LogP contribution in [-0.2, 0) is 6.42 Å². The molecule has 2 N–H and O–H groups in total. The third kappa shape index (κ3) is 2.26. The summed E-state index contributed by atoms with van der Waals surface area (Å²) in [5, 5.41) is 18.2. The minimum Gasteiger partial charge on any atom is -0.487 e. The molecule has 0 saturated heterocycles. The SMILES string of the molecule is O=C(O)c1cccc(-c2ccc3c(c2)CC(CO)O3)c1. The van der Waals surface area contributed by atoms with E-state index in [2.05, 4.69) is 0 Å². The minimum atomic E-state index is -0.934. The Morgan fingerprint density at radius 2 is 2.00 bits per heavy atom. The quantitative estimate of drug-likeness (QED) is 0.898. The largest absolute Gasteiger partial charge is 0.487 e. The van der Waals surface area contributed by atoms with Crippen molar-refractivity contribution in [2.75, 3.05) is 6.61 Å². The molecule has 0 saturated carbocycles. The van der Waals surface area contributed by atoms with Crippen molar-refractivity contribution in [3.63, 3.8) is 0 Å². The Bertz CT molecular complexity index is 663. The van der Waals surface area contributed by atoms with Crippen LogP contribution in [0, 0.1) is 0 Å². The molecule has 0 fully saturated rings. The molecule has 20 heavy (non-hydrogen) atoms. The van der Waals surface area contributed by atoms with Gasteiger partial charge in [0.25, 0.3) is 0 Å². The first kappa shape index (κ1) is 12.7. The van der Waals surface area contributed by atoms with Crippen molar-refractivity contribution in [1.82, 2.24) is 0 Å². The van der Waals surface area contributed by atoms with Gasteiger partial charge in [-0.05, 0) is 41.0 Å². The topological polar surface area (TPSA) is 66.8 Å². The third-order valence-corrected chi connectivity index (χ3v) is 3.45. The average Bonchev–Trinajstić information content (AvgIpc) is 2.89. The van der Waals surface area contributed by atoms with Crippen molar-refractivity contribution in [3.8, 4) is 16.9 Å². The van der Waals surface area contributed by atoms with Gasteiger partial charge in [-0.2, -0.15) is 0 Å². The number of hydrogen-bond acceptors (Lipinski definition) is 3. The van der Waals surface area contributed by atoms with E-state index in [1.807, 2.05) is 24.3 Å². The van der Waals surface area contributed by atoms with E-state index in [4.69, 9.17) is 14.9 Å². The van der Waals surface area contributed by atoms with Gasteiger partial charge < -0.3 is 14.9 Å². The maximum absolute atomic E-state index is 11.0. The molecule has 0 bridgehead atoms. The zero-order valence-electron chi connectivity index (χ0n) is 10.7. The van der Waals surface area contributed by atoms with E-state index in [9.17, 15) is 4.79 Å². The second kappa shape index (κ2) is 4.98. The average molecular weight is 270 g/mol. The van der Waals surface area contributed by atoms with E-state index < -0.39 is 5.97 Å². The summed E-state index contributed by atoms with van der Waals surface area (Å²) in [5.74, 6) is -0.140. The molecular formula is C16H14O4. The fourth-order valence-corrected chi connectivity index (χ4v) is 2.43. The molecule has 1 unspecified atom stereocenters. The molecule has 4 nitrogen and oxygen atoms in total. The number of carboxylic acid groups (broad SMARTS) is 1. The number of aliphatic hydroxyl groups is 1. The van der Waals surface area contributed by atoms with Crippen LogP contribution in [0.2, 0.25) is 0 Å². The summed E-state index contributed by atoms with van der Waals surface area (Å²) in [4.78, 5) is 11.0. The lowest BCUT2D eigenvalue weighted by Gasteiger charge is -2.06. The normalized spacial score (nSPS) is 16.6. The minimum absolute atomic E-state index is 0.00148. The van der Waals surface area contributed by atoms with E-state index in [0.29, 0.717) is 6.42 Å². The number of hydrogen-bond donors (Lipinski definition) is 2. The summed E-state index contributed by atoms with van der Waals surface area (Å²) in [6, 6.07) is 12.6. The van der Waals surface area contributed by atoms with Gasteiger partial charge in [0.2, 0.25) is 0 Å². The first-order valence-electron chi connectivity index (χ1n) is 6.41. The van der Waals surface area contributed by atoms with E-state index in [0.717, 1.165) is 22.4 Å². The van der Waals surface area contributed by atoms with E-state index in [1.54, 1.807) is 18.2 Å². The Balaban J connectivity index is 1.96. The summed E-state index contributed by atoms with van der Waals surface area (Å²) >= 11 is 0. The van der Waals surface area contributed by atoms with Crippen molar-refractivity contribution in [1.29, 1.82) is 0 Å². The van der Waals surface area contributed by atoms with Gasteiger partial charge in [0.05, 0.1) is 12.2 Å². The van der Waals surface area contributed by atoms with Crippen LogP contribution in [0.1, 0.15) is 15.9 Å². The molecule has 1 heterocycles. The second-order valence-electron chi connectivity index (χ2n) is 4.84. The Morgan fingerprint density at radius 3 is 2.75 bits per heavy atom. The molecule has 1 aliphatic heterocycles. The molecule has 0 spiro atoms.